The molecule has 0 saturated carbocycles. The molecule has 1 heterocycles. The Labute approximate surface area is 135 Å². The lowest BCUT2D eigenvalue weighted by Crippen LogP contribution is -2.28. The van der Waals surface area contributed by atoms with E-state index >= 15 is 0 Å². The van der Waals surface area contributed by atoms with Crippen LogP contribution in [0.25, 0.3) is 0 Å². The maximum atomic E-state index is 6.11. The van der Waals surface area contributed by atoms with Crippen LogP contribution in [0, 0.1) is 0 Å². The minimum Gasteiger partial charge on any atom is -0.490 e. The summed E-state index contributed by atoms with van der Waals surface area (Å²) < 4.78 is 18.3. The van der Waals surface area contributed by atoms with E-state index in [0.717, 1.165) is 48.5 Å². The van der Waals surface area contributed by atoms with Gasteiger partial charge in [0.05, 0.1) is 17.7 Å². The molecule has 118 valence electrons. The van der Waals surface area contributed by atoms with Gasteiger partial charge in [-0.3, -0.25) is 0 Å². The number of ether oxygens (including phenoxy) is 3. The van der Waals surface area contributed by atoms with Crippen molar-refractivity contribution < 1.29 is 14.2 Å². The van der Waals surface area contributed by atoms with Crippen LogP contribution < -0.4 is 14.8 Å². The van der Waals surface area contributed by atoms with Gasteiger partial charge in [0.2, 0.25) is 0 Å². The molecule has 1 aliphatic heterocycles. The summed E-state index contributed by atoms with van der Waals surface area (Å²) in [5, 5.41) is 3.32. The van der Waals surface area contributed by atoms with E-state index in [9.17, 15) is 0 Å². The van der Waals surface area contributed by atoms with Gasteiger partial charge in [0.1, 0.15) is 6.10 Å². The molecule has 1 N–H and O–H groups in total. The third-order valence-corrected chi connectivity index (χ3v) is 3.94. The maximum absolute atomic E-state index is 6.11. The zero-order valence-electron chi connectivity index (χ0n) is 12.8. The average molecular weight is 358 g/mol. The van der Waals surface area contributed by atoms with E-state index in [1.165, 1.54) is 5.56 Å². The van der Waals surface area contributed by atoms with Crippen molar-refractivity contribution in [3.63, 3.8) is 0 Å². The summed E-state index contributed by atoms with van der Waals surface area (Å²) in [6, 6.07) is 4.14. The van der Waals surface area contributed by atoms with Gasteiger partial charge in [0.15, 0.2) is 11.5 Å². The van der Waals surface area contributed by atoms with Gasteiger partial charge in [-0.05, 0) is 59.9 Å². The molecule has 1 unspecified atom stereocenters. The topological polar surface area (TPSA) is 39.7 Å². The maximum Gasteiger partial charge on any atom is 0.175 e. The van der Waals surface area contributed by atoms with Crippen molar-refractivity contribution in [3.8, 4) is 11.5 Å². The van der Waals surface area contributed by atoms with Crippen LogP contribution in [-0.2, 0) is 11.3 Å². The van der Waals surface area contributed by atoms with Crippen LogP contribution in [0.1, 0.15) is 32.3 Å². The highest BCUT2D eigenvalue weighted by Gasteiger charge is 2.20. The van der Waals surface area contributed by atoms with Gasteiger partial charge in [-0.1, -0.05) is 6.92 Å². The minimum absolute atomic E-state index is 0.105. The normalized spacial score (nSPS) is 18.5. The van der Waals surface area contributed by atoms with E-state index in [4.69, 9.17) is 14.2 Å². The first-order valence-corrected chi connectivity index (χ1v) is 8.44. The van der Waals surface area contributed by atoms with Crippen LogP contribution in [0.4, 0.5) is 0 Å². The lowest BCUT2D eigenvalue weighted by molar-refractivity contribution is 0.00590. The van der Waals surface area contributed by atoms with E-state index in [2.05, 4.69) is 40.3 Å². The standard InChI is InChI=1S/C16H24BrNO3/c1-3-18-10-12-8-14(17)16(15(9-12)20-4-2)21-13-6-5-7-19-11-13/h8-9,13,18H,3-7,10-11H2,1-2H3. The van der Waals surface area contributed by atoms with Gasteiger partial charge in [-0.2, -0.15) is 0 Å². The summed E-state index contributed by atoms with van der Waals surface area (Å²) in [7, 11) is 0. The SMILES string of the molecule is CCNCc1cc(Br)c(OC2CCCOC2)c(OCC)c1. The molecule has 0 bridgehead atoms. The van der Waals surface area contributed by atoms with Gasteiger partial charge in [-0.25, -0.2) is 0 Å². The predicted octanol–water partition coefficient (Wildman–Crippen LogP) is 3.52. The molecule has 0 aliphatic carbocycles. The number of rotatable bonds is 7. The molecule has 0 aromatic heterocycles. The van der Waals surface area contributed by atoms with Gasteiger partial charge in [0, 0.05) is 13.2 Å². The van der Waals surface area contributed by atoms with E-state index < -0.39 is 0 Å². The average Bonchev–Trinajstić information content (AvgIpc) is 2.50. The van der Waals surface area contributed by atoms with Crippen molar-refractivity contribution in [2.45, 2.75) is 39.3 Å². The summed E-state index contributed by atoms with van der Waals surface area (Å²) in [6.07, 6.45) is 2.18. The number of halogens is 1. The summed E-state index contributed by atoms with van der Waals surface area (Å²) in [5.41, 5.74) is 1.18. The number of hydrogen-bond donors (Lipinski definition) is 1. The Morgan fingerprint density at radius 1 is 1.38 bits per heavy atom. The number of nitrogens with one attached hydrogen (secondary N) is 1. The largest absolute Gasteiger partial charge is 0.490 e. The van der Waals surface area contributed by atoms with Crippen LogP contribution in [0.3, 0.4) is 0 Å². The molecule has 0 amide bonds. The van der Waals surface area contributed by atoms with Crippen LogP contribution in [0.5, 0.6) is 11.5 Å². The van der Waals surface area contributed by atoms with Crippen LogP contribution in [0.15, 0.2) is 16.6 Å². The smallest absolute Gasteiger partial charge is 0.175 e. The van der Waals surface area contributed by atoms with Crippen molar-refractivity contribution in [2.75, 3.05) is 26.4 Å². The summed E-state index contributed by atoms with van der Waals surface area (Å²) in [5.74, 6) is 1.58. The van der Waals surface area contributed by atoms with Crippen LogP contribution in [0.2, 0.25) is 0 Å². The molecule has 2 rings (SSSR count). The Morgan fingerprint density at radius 2 is 2.24 bits per heavy atom. The lowest BCUT2D eigenvalue weighted by Gasteiger charge is -2.25. The quantitative estimate of drug-likeness (QED) is 0.810. The predicted molar refractivity (Wildman–Crippen MR) is 87.2 cm³/mol. The first-order chi connectivity index (χ1) is 10.2. The monoisotopic (exact) mass is 357 g/mol. The molecule has 21 heavy (non-hydrogen) atoms. The van der Waals surface area contributed by atoms with Crippen molar-refractivity contribution in [3.05, 3.63) is 22.2 Å². The molecule has 1 fully saturated rings. The molecule has 1 aromatic rings. The highest BCUT2D eigenvalue weighted by molar-refractivity contribution is 9.10. The molecule has 1 aliphatic rings. The summed E-state index contributed by atoms with van der Waals surface area (Å²) in [6.45, 7) is 7.95. The Balaban J connectivity index is 2.16. The Kier molecular flexibility index (Phi) is 6.80. The van der Waals surface area contributed by atoms with Crippen molar-refractivity contribution in [2.24, 2.45) is 0 Å². The fraction of sp³-hybridized carbons (Fsp3) is 0.625. The third kappa shape index (κ3) is 4.87. The highest BCUT2D eigenvalue weighted by Crippen LogP contribution is 2.38. The second-order valence-electron chi connectivity index (χ2n) is 5.08. The second-order valence-corrected chi connectivity index (χ2v) is 5.93. The lowest BCUT2D eigenvalue weighted by atomic mass is 10.1. The molecule has 1 atom stereocenters. The Morgan fingerprint density at radius 3 is 2.90 bits per heavy atom. The van der Waals surface area contributed by atoms with E-state index in [0.29, 0.717) is 13.2 Å². The second kappa shape index (κ2) is 8.61. The number of hydrogen-bond acceptors (Lipinski definition) is 4. The third-order valence-electron chi connectivity index (χ3n) is 3.35. The van der Waals surface area contributed by atoms with Gasteiger partial charge in [0.25, 0.3) is 0 Å². The van der Waals surface area contributed by atoms with Crippen LogP contribution >= 0.6 is 15.9 Å². The first kappa shape index (κ1) is 16.6. The molecular formula is C16H24BrNO3. The van der Waals surface area contributed by atoms with Crippen LogP contribution in [-0.4, -0.2) is 32.5 Å². The Bertz CT molecular complexity index is 447. The molecular weight excluding hydrogens is 334 g/mol. The van der Waals surface area contributed by atoms with Gasteiger partial charge >= 0.3 is 0 Å². The van der Waals surface area contributed by atoms with Gasteiger partial charge in [-0.15, -0.1) is 0 Å². The van der Waals surface area contributed by atoms with E-state index in [1.54, 1.807) is 0 Å². The van der Waals surface area contributed by atoms with Crippen molar-refractivity contribution in [1.82, 2.24) is 5.32 Å². The fourth-order valence-corrected chi connectivity index (χ4v) is 2.92. The molecule has 4 nitrogen and oxygen atoms in total. The van der Waals surface area contributed by atoms with Gasteiger partial charge < -0.3 is 19.5 Å². The molecule has 0 radical (unpaired) electrons. The van der Waals surface area contributed by atoms with E-state index in [-0.39, 0.29) is 6.10 Å². The highest BCUT2D eigenvalue weighted by atomic mass is 79.9. The van der Waals surface area contributed by atoms with Crippen molar-refractivity contribution >= 4 is 15.9 Å². The first-order valence-electron chi connectivity index (χ1n) is 7.65. The minimum atomic E-state index is 0.105. The summed E-state index contributed by atoms with van der Waals surface area (Å²) in [4.78, 5) is 0. The molecule has 1 aromatic carbocycles. The zero-order chi connectivity index (χ0) is 15.1. The molecule has 1 saturated heterocycles. The Hall–Kier alpha value is -0.780. The van der Waals surface area contributed by atoms with E-state index in [1.807, 2.05) is 6.92 Å². The van der Waals surface area contributed by atoms with Crippen molar-refractivity contribution in [1.29, 1.82) is 0 Å². The fourth-order valence-electron chi connectivity index (χ4n) is 2.34. The zero-order valence-corrected chi connectivity index (χ0v) is 14.4. The molecule has 5 heteroatoms. The molecule has 0 spiro atoms. The number of benzene rings is 1. The summed E-state index contributed by atoms with van der Waals surface area (Å²) >= 11 is 3.61.